The molecule has 0 aliphatic carbocycles. The molecule has 0 aliphatic heterocycles. The minimum absolute atomic E-state index is 0.882. The molecule has 1 aromatic carbocycles. The first-order valence-electron chi connectivity index (χ1n) is 4.83. The van der Waals surface area contributed by atoms with Gasteiger partial charge in [-0.3, -0.25) is 0 Å². The van der Waals surface area contributed by atoms with Gasteiger partial charge in [-0.05, 0) is 30.7 Å². The minimum Gasteiger partial charge on any atom is -0.497 e. The van der Waals surface area contributed by atoms with Gasteiger partial charge in [0.1, 0.15) is 5.75 Å². The second-order valence-corrected chi connectivity index (χ2v) is 3.61. The number of benzene rings is 1. The zero-order chi connectivity index (χ0) is 10.8. The maximum absolute atomic E-state index is 5.17. The van der Waals surface area contributed by atoms with Crippen molar-refractivity contribution >= 4 is 0 Å². The number of aromatic nitrogens is 2. The molecule has 0 saturated carbocycles. The van der Waals surface area contributed by atoms with Gasteiger partial charge < -0.3 is 9.30 Å². The largest absolute Gasteiger partial charge is 0.497 e. The van der Waals surface area contributed by atoms with Crippen molar-refractivity contribution in [2.24, 2.45) is 7.05 Å². The average Bonchev–Trinajstić information content (AvgIpc) is 2.64. The van der Waals surface area contributed by atoms with E-state index in [9.17, 15) is 0 Å². The lowest BCUT2D eigenvalue weighted by Gasteiger charge is -2.05. The van der Waals surface area contributed by atoms with E-state index in [1.54, 1.807) is 13.4 Å². The van der Waals surface area contributed by atoms with E-state index in [2.05, 4.69) is 11.9 Å². The Morgan fingerprint density at radius 2 is 2.13 bits per heavy atom. The molecule has 1 aromatic heterocycles. The second-order valence-electron chi connectivity index (χ2n) is 3.61. The predicted octanol–water partition coefficient (Wildman–Crippen LogP) is 2.40. The van der Waals surface area contributed by atoms with E-state index >= 15 is 0 Å². The molecule has 0 radical (unpaired) electrons. The van der Waals surface area contributed by atoms with Crippen LogP contribution < -0.4 is 4.74 Å². The summed E-state index contributed by atoms with van der Waals surface area (Å²) in [6, 6.07) is 6.01. The molecule has 0 bridgehead atoms. The fourth-order valence-corrected chi connectivity index (χ4v) is 1.60. The molecule has 0 N–H and O–H groups in total. The Hall–Kier alpha value is -1.77. The van der Waals surface area contributed by atoms with Gasteiger partial charge in [0.25, 0.3) is 0 Å². The number of hydrogen-bond donors (Lipinski definition) is 0. The number of imidazole rings is 1. The van der Waals surface area contributed by atoms with Crippen molar-refractivity contribution in [3.63, 3.8) is 0 Å². The molecular formula is C12H14N2O. The Morgan fingerprint density at radius 3 is 2.67 bits per heavy atom. The zero-order valence-electron chi connectivity index (χ0n) is 9.19. The van der Waals surface area contributed by atoms with E-state index in [-0.39, 0.29) is 0 Å². The van der Waals surface area contributed by atoms with Crippen LogP contribution in [0.5, 0.6) is 5.75 Å². The summed E-state index contributed by atoms with van der Waals surface area (Å²) >= 11 is 0. The van der Waals surface area contributed by atoms with Crippen LogP contribution in [-0.4, -0.2) is 16.7 Å². The van der Waals surface area contributed by atoms with Gasteiger partial charge in [0.15, 0.2) is 0 Å². The van der Waals surface area contributed by atoms with Gasteiger partial charge >= 0.3 is 0 Å². The van der Waals surface area contributed by atoms with E-state index in [4.69, 9.17) is 4.74 Å². The first kappa shape index (κ1) is 9.77. The quantitative estimate of drug-likeness (QED) is 0.747. The smallest absolute Gasteiger partial charge is 0.119 e. The van der Waals surface area contributed by atoms with Crippen LogP contribution in [0, 0.1) is 6.92 Å². The fraction of sp³-hybridized carbons (Fsp3) is 0.250. The Labute approximate surface area is 89.3 Å². The molecule has 0 fully saturated rings. The summed E-state index contributed by atoms with van der Waals surface area (Å²) in [4.78, 5) is 4.32. The predicted molar refractivity (Wildman–Crippen MR) is 59.9 cm³/mol. The van der Waals surface area contributed by atoms with Crippen molar-refractivity contribution in [3.05, 3.63) is 36.3 Å². The minimum atomic E-state index is 0.882. The maximum atomic E-state index is 5.17. The third-order valence-corrected chi connectivity index (χ3v) is 2.41. The maximum Gasteiger partial charge on any atom is 0.119 e. The summed E-state index contributed by atoms with van der Waals surface area (Å²) in [5.41, 5.74) is 3.32. The first-order chi connectivity index (χ1) is 7.20. The molecule has 0 unspecified atom stereocenters. The molecule has 0 atom stereocenters. The normalized spacial score (nSPS) is 10.3. The van der Waals surface area contributed by atoms with E-state index in [0.29, 0.717) is 0 Å². The van der Waals surface area contributed by atoms with Crippen LogP contribution in [0.3, 0.4) is 0 Å². The summed E-state index contributed by atoms with van der Waals surface area (Å²) in [6.07, 6.45) is 3.81. The Kier molecular flexibility index (Phi) is 2.46. The molecule has 15 heavy (non-hydrogen) atoms. The lowest BCUT2D eigenvalue weighted by Crippen LogP contribution is -1.87. The van der Waals surface area contributed by atoms with Crippen LogP contribution in [0.25, 0.3) is 11.3 Å². The Bertz CT molecular complexity index is 474. The fourth-order valence-electron chi connectivity index (χ4n) is 1.60. The molecule has 0 spiro atoms. The van der Waals surface area contributed by atoms with Crippen LogP contribution in [-0.2, 0) is 7.05 Å². The van der Waals surface area contributed by atoms with Gasteiger partial charge in [0.2, 0.25) is 0 Å². The lowest BCUT2D eigenvalue weighted by atomic mass is 10.1. The molecular weight excluding hydrogens is 188 g/mol. The lowest BCUT2D eigenvalue weighted by molar-refractivity contribution is 0.414. The van der Waals surface area contributed by atoms with Gasteiger partial charge in [-0.1, -0.05) is 0 Å². The van der Waals surface area contributed by atoms with Gasteiger partial charge in [0, 0.05) is 18.8 Å². The monoisotopic (exact) mass is 202 g/mol. The summed E-state index contributed by atoms with van der Waals surface area (Å²) < 4.78 is 7.11. The highest BCUT2D eigenvalue weighted by Crippen LogP contribution is 2.25. The highest BCUT2D eigenvalue weighted by Gasteiger charge is 2.05. The zero-order valence-corrected chi connectivity index (χ0v) is 9.19. The Balaban J connectivity index is 2.45. The van der Waals surface area contributed by atoms with Crippen molar-refractivity contribution < 1.29 is 4.74 Å². The Morgan fingerprint density at radius 1 is 1.33 bits per heavy atom. The van der Waals surface area contributed by atoms with Crippen LogP contribution in [0.1, 0.15) is 5.56 Å². The van der Waals surface area contributed by atoms with Crippen LogP contribution >= 0.6 is 0 Å². The molecule has 2 aromatic rings. The number of hydrogen-bond acceptors (Lipinski definition) is 2. The van der Waals surface area contributed by atoms with Crippen molar-refractivity contribution in [3.8, 4) is 17.0 Å². The van der Waals surface area contributed by atoms with Gasteiger partial charge in [-0.25, -0.2) is 4.98 Å². The van der Waals surface area contributed by atoms with Crippen LogP contribution in [0.4, 0.5) is 0 Å². The summed E-state index contributed by atoms with van der Waals surface area (Å²) in [5, 5.41) is 0. The van der Waals surface area contributed by atoms with E-state index in [1.165, 1.54) is 5.56 Å². The molecule has 1 heterocycles. The van der Waals surface area contributed by atoms with Crippen molar-refractivity contribution in [1.29, 1.82) is 0 Å². The number of nitrogens with zero attached hydrogens (tertiary/aromatic N) is 2. The average molecular weight is 202 g/mol. The van der Waals surface area contributed by atoms with Crippen LogP contribution in [0.15, 0.2) is 30.7 Å². The third kappa shape index (κ3) is 1.86. The number of rotatable bonds is 2. The molecule has 78 valence electrons. The summed E-state index contributed by atoms with van der Waals surface area (Å²) in [6.45, 7) is 2.06. The van der Waals surface area contributed by atoms with Crippen molar-refractivity contribution in [2.75, 3.05) is 7.11 Å². The topological polar surface area (TPSA) is 27.1 Å². The molecule has 0 aliphatic rings. The van der Waals surface area contributed by atoms with Crippen molar-refractivity contribution in [1.82, 2.24) is 9.55 Å². The first-order valence-corrected chi connectivity index (χ1v) is 4.83. The van der Waals surface area contributed by atoms with Gasteiger partial charge in [-0.2, -0.15) is 0 Å². The number of methoxy groups -OCH3 is 1. The molecule has 2 rings (SSSR count). The second kappa shape index (κ2) is 3.77. The summed E-state index contributed by atoms with van der Waals surface area (Å²) in [5.74, 6) is 0.882. The highest BCUT2D eigenvalue weighted by molar-refractivity contribution is 5.64. The highest BCUT2D eigenvalue weighted by atomic mass is 16.5. The molecule has 0 amide bonds. The molecule has 3 heteroatoms. The van der Waals surface area contributed by atoms with Crippen LogP contribution in [0.2, 0.25) is 0 Å². The van der Waals surface area contributed by atoms with E-state index < -0.39 is 0 Å². The van der Waals surface area contributed by atoms with Gasteiger partial charge in [-0.15, -0.1) is 0 Å². The molecule has 0 saturated heterocycles. The number of ether oxygens (including phenoxy) is 1. The SMILES string of the molecule is COc1ccc(-c2cn(C)cn2)c(C)c1. The van der Waals surface area contributed by atoms with Crippen molar-refractivity contribution in [2.45, 2.75) is 6.92 Å². The van der Waals surface area contributed by atoms with E-state index in [0.717, 1.165) is 17.0 Å². The number of aryl methyl sites for hydroxylation is 2. The molecule has 3 nitrogen and oxygen atoms in total. The summed E-state index contributed by atoms with van der Waals surface area (Å²) in [7, 11) is 3.64. The standard InChI is InChI=1S/C12H14N2O/c1-9-6-10(15-3)4-5-11(9)12-7-14(2)8-13-12/h4-8H,1-3H3. The van der Waals surface area contributed by atoms with E-state index in [1.807, 2.05) is 36.0 Å². The van der Waals surface area contributed by atoms with Gasteiger partial charge in [0.05, 0.1) is 19.1 Å². The third-order valence-electron chi connectivity index (χ3n) is 2.41.